The van der Waals surface area contributed by atoms with E-state index in [1.54, 1.807) is 0 Å². The van der Waals surface area contributed by atoms with Gasteiger partial charge in [-0.3, -0.25) is 4.90 Å². The van der Waals surface area contributed by atoms with E-state index in [0.717, 1.165) is 26.2 Å². The Morgan fingerprint density at radius 3 is 2.87 bits per heavy atom. The molecule has 0 amide bonds. The van der Waals surface area contributed by atoms with E-state index < -0.39 is 0 Å². The Kier molecular flexibility index (Phi) is 3.72. The van der Waals surface area contributed by atoms with Crippen LogP contribution in [-0.2, 0) is 0 Å². The van der Waals surface area contributed by atoms with Gasteiger partial charge in [0.05, 0.1) is 6.61 Å². The summed E-state index contributed by atoms with van der Waals surface area (Å²) in [7, 11) is 0. The number of nitrogens with one attached hydrogen (secondary N) is 1. The molecule has 15 heavy (non-hydrogen) atoms. The third-order valence-electron chi connectivity index (χ3n) is 2.88. The van der Waals surface area contributed by atoms with Crippen molar-refractivity contribution < 1.29 is 5.11 Å². The fourth-order valence-electron chi connectivity index (χ4n) is 2.06. The molecule has 2 rings (SSSR count). The predicted octanol–water partition coefficient (Wildman–Crippen LogP) is 0.625. The third kappa shape index (κ3) is 2.78. The number of rotatable bonds is 3. The van der Waals surface area contributed by atoms with E-state index in [-0.39, 0.29) is 6.61 Å². The van der Waals surface area contributed by atoms with Crippen LogP contribution < -0.4 is 5.32 Å². The van der Waals surface area contributed by atoms with Crippen LogP contribution in [0.3, 0.4) is 0 Å². The minimum atomic E-state index is 0.251. The SMILES string of the molecule is OCCN1CCNC(c2ccccc2)C1. The molecule has 0 radical (unpaired) electrons. The average Bonchev–Trinajstić information content (AvgIpc) is 2.31. The largest absolute Gasteiger partial charge is 0.395 e. The van der Waals surface area contributed by atoms with Crippen LogP contribution in [0.25, 0.3) is 0 Å². The summed E-state index contributed by atoms with van der Waals surface area (Å²) in [5.74, 6) is 0. The summed E-state index contributed by atoms with van der Waals surface area (Å²) >= 11 is 0. The van der Waals surface area contributed by atoms with Crippen LogP contribution in [0.15, 0.2) is 30.3 Å². The lowest BCUT2D eigenvalue weighted by Gasteiger charge is -2.33. The average molecular weight is 206 g/mol. The zero-order chi connectivity index (χ0) is 10.5. The number of aliphatic hydroxyl groups is 1. The molecular weight excluding hydrogens is 188 g/mol. The number of benzene rings is 1. The maximum Gasteiger partial charge on any atom is 0.0558 e. The van der Waals surface area contributed by atoms with Crippen LogP contribution in [0, 0.1) is 0 Å². The van der Waals surface area contributed by atoms with Crippen LogP contribution in [0.4, 0.5) is 0 Å². The van der Waals surface area contributed by atoms with E-state index >= 15 is 0 Å². The monoisotopic (exact) mass is 206 g/mol. The molecule has 0 aromatic heterocycles. The molecule has 1 fully saturated rings. The number of nitrogens with zero attached hydrogens (tertiary/aromatic N) is 1. The molecule has 1 heterocycles. The van der Waals surface area contributed by atoms with Gasteiger partial charge in [0.1, 0.15) is 0 Å². The van der Waals surface area contributed by atoms with Gasteiger partial charge in [0.2, 0.25) is 0 Å². The summed E-state index contributed by atoms with van der Waals surface area (Å²) in [6.07, 6.45) is 0. The van der Waals surface area contributed by atoms with Crippen LogP contribution >= 0.6 is 0 Å². The number of β-amino-alcohol motifs (C(OH)–C–C–N with tert-alkyl or cyclic N) is 1. The molecule has 1 aliphatic heterocycles. The smallest absolute Gasteiger partial charge is 0.0558 e. The van der Waals surface area contributed by atoms with Gasteiger partial charge in [-0.05, 0) is 5.56 Å². The van der Waals surface area contributed by atoms with Gasteiger partial charge >= 0.3 is 0 Å². The molecule has 3 nitrogen and oxygen atoms in total. The van der Waals surface area contributed by atoms with Crippen molar-refractivity contribution in [2.75, 3.05) is 32.8 Å². The molecule has 82 valence electrons. The maximum atomic E-state index is 8.91. The second-order valence-electron chi connectivity index (χ2n) is 3.94. The lowest BCUT2D eigenvalue weighted by molar-refractivity contribution is 0.157. The maximum absolute atomic E-state index is 8.91. The molecular formula is C12H18N2O. The van der Waals surface area contributed by atoms with E-state index in [9.17, 15) is 0 Å². The normalized spacial score (nSPS) is 22.9. The minimum Gasteiger partial charge on any atom is -0.395 e. The van der Waals surface area contributed by atoms with Gasteiger partial charge < -0.3 is 10.4 Å². The second kappa shape index (κ2) is 5.26. The summed E-state index contributed by atoms with van der Waals surface area (Å²) < 4.78 is 0. The zero-order valence-corrected chi connectivity index (χ0v) is 8.89. The fourth-order valence-corrected chi connectivity index (χ4v) is 2.06. The molecule has 1 unspecified atom stereocenters. The standard InChI is InChI=1S/C12H18N2O/c15-9-8-14-7-6-13-12(10-14)11-4-2-1-3-5-11/h1-5,12-13,15H,6-10H2. The Hall–Kier alpha value is -0.900. The molecule has 2 N–H and O–H groups in total. The molecule has 1 atom stereocenters. The van der Waals surface area contributed by atoms with Crippen LogP contribution in [-0.4, -0.2) is 42.8 Å². The number of hydrogen-bond acceptors (Lipinski definition) is 3. The molecule has 3 heteroatoms. The van der Waals surface area contributed by atoms with Gasteiger partial charge in [0.15, 0.2) is 0 Å². The molecule has 0 spiro atoms. The van der Waals surface area contributed by atoms with Gasteiger partial charge in [-0.25, -0.2) is 0 Å². The van der Waals surface area contributed by atoms with E-state index in [1.165, 1.54) is 5.56 Å². The highest BCUT2D eigenvalue weighted by molar-refractivity contribution is 5.19. The van der Waals surface area contributed by atoms with Crippen molar-refractivity contribution in [2.24, 2.45) is 0 Å². The van der Waals surface area contributed by atoms with Gasteiger partial charge in [0.25, 0.3) is 0 Å². The third-order valence-corrected chi connectivity index (χ3v) is 2.88. The first-order valence-electron chi connectivity index (χ1n) is 5.51. The van der Waals surface area contributed by atoms with E-state index in [1.807, 2.05) is 6.07 Å². The minimum absolute atomic E-state index is 0.251. The first-order valence-corrected chi connectivity index (χ1v) is 5.51. The summed E-state index contributed by atoms with van der Waals surface area (Å²) in [4.78, 5) is 2.30. The molecule has 0 saturated carbocycles. The van der Waals surface area contributed by atoms with E-state index in [2.05, 4.69) is 34.5 Å². The van der Waals surface area contributed by atoms with Crippen LogP contribution in [0.2, 0.25) is 0 Å². The molecule has 1 aliphatic rings. The fraction of sp³-hybridized carbons (Fsp3) is 0.500. The molecule has 1 saturated heterocycles. The lowest BCUT2D eigenvalue weighted by atomic mass is 10.0. The van der Waals surface area contributed by atoms with Gasteiger partial charge in [0, 0.05) is 32.2 Å². The molecule has 0 bridgehead atoms. The van der Waals surface area contributed by atoms with Gasteiger partial charge in [-0.2, -0.15) is 0 Å². The lowest BCUT2D eigenvalue weighted by Crippen LogP contribution is -2.46. The van der Waals surface area contributed by atoms with Crippen molar-refractivity contribution in [3.05, 3.63) is 35.9 Å². The van der Waals surface area contributed by atoms with Crippen molar-refractivity contribution >= 4 is 0 Å². The van der Waals surface area contributed by atoms with E-state index in [0.29, 0.717) is 6.04 Å². The molecule has 0 aliphatic carbocycles. The molecule has 1 aromatic carbocycles. The number of hydrogen-bond donors (Lipinski definition) is 2. The highest BCUT2D eigenvalue weighted by Crippen LogP contribution is 2.16. The first-order chi connectivity index (χ1) is 7.40. The molecule has 1 aromatic rings. The topological polar surface area (TPSA) is 35.5 Å². The Morgan fingerprint density at radius 1 is 1.33 bits per heavy atom. The summed E-state index contributed by atoms with van der Waals surface area (Å²) in [6.45, 7) is 4.06. The van der Waals surface area contributed by atoms with Crippen LogP contribution in [0.5, 0.6) is 0 Å². The van der Waals surface area contributed by atoms with E-state index in [4.69, 9.17) is 5.11 Å². The van der Waals surface area contributed by atoms with Crippen molar-refractivity contribution in [3.8, 4) is 0 Å². The van der Waals surface area contributed by atoms with Gasteiger partial charge in [-0.1, -0.05) is 30.3 Å². The van der Waals surface area contributed by atoms with Crippen molar-refractivity contribution in [1.82, 2.24) is 10.2 Å². The Bertz CT molecular complexity index is 287. The number of piperazine rings is 1. The van der Waals surface area contributed by atoms with Crippen molar-refractivity contribution in [3.63, 3.8) is 0 Å². The Morgan fingerprint density at radius 2 is 2.13 bits per heavy atom. The first kappa shape index (κ1) is 10.6. The summed E-state index contributed by atoms with van der Waals surface area (Å²) in [5.41, 5.74) is 1.33. The zero-order valence-electron chi connectivity index (χ0n) is 8.89. The van der Waals surface area contributed by atoms with Crippen molar-refractivity contribution in [2.45, 2.75) is 6.04 Å². The highest BCUT2D eigenvalue weighted by atomic mass is 16.3. The Labute approximate surface area is 90.7 Å². The second-order valence-corrected chi connectivity index (χ2v) is 3.94. The van der Waals surface area contributed by atoms with Gasteiger partial charge in [-0.15, -0.1) is 0 Å². The highest BCUT2D eigenvalue weighted by Gasteiger charge is 2.19. The summed E-state index contributed by atoms with van der Waals surface area (Å²) in [5, 5.41) is 12.4. The Balaban J connectivity index is 1.98. The quantitative estimate of drug-likeness (QED) is 0.761. The van der Waals surface area contributed by atoms with Crippen molar-refractivity contribution in [1.29, 1.82) is 0 Å². The number of aliphatic hydroxyl groups excluding tert-OH is 1. The summed E-state index contributed by atoms with van der Waals surface area (Å²) in [6, 6.07) is 10.9. The predicted molar refractivity (Wildman–Crippen MR) is 60.7 cm³/mol. The van der Waals surface area contributed by atoms with Crippen LogP contribution in [0.1, 0.15) is 11.6 Å².